The van der Waals surface area contributed by atoms with Gasteiger partial charge in [-0.05, 0) is 23.6 Å². The standard InChI is InChI=1S/C14H10O5S/c1-20(16,17)19-9-6-7-11-10-4-2-3-5-12(10)14(15)18-13(11)8-9/h2-8H,1H3. The van der Waals surface area contributed by atoms with E-state index in [0.29, 0.717) is 5.39 Å². The molecule has 0 fully saturated rings. The highest BCUT2D eigenvalue weighted by molar-refractivity contribution is 7.86. The molecule has 0 saturated heterocycles. The lowest BCUT2D eigenvalue weighted by Crippen LogP contribution is -2.06. The van der Waals surface area contributed by atoms with Crippen molar-refractivity contribution in [2.24, 2.45) is 0 Å². The van der Waals surface area contributed by atoms with Gasteiger partial charge in [-0.25, -0.2) is 4.79 Å². The van der Waals surface area contributed by atoms with Crippen molar-refractivity contribution < 1.29 is 17.0 Å². The minimum absolute atomic E-state index is 0.110. The Hall–Kier alpha value is -2.34. The van der Waals surface area contributed by atoms with E-state index in [0.717, 1.165) is 17.0 Å². The summed E-state index contributed by atoms with van der Waals surface area (Å²) in [6.07, 6.45) is 0.952. The lowest BCUT2D eigenvalue weighted by atomic mass is 10.1. The van der Waals surface area contributed by atoms with E-state index in [1.54, 1.807) is 18.2 Å². The molecular weight excluding hydrogens is 280 g/mol. The van der Waals surface area contributed by atoms with Gasteiger partial charge in [0.15, 0.2) is 0 Å². The van der Waals surface area contributed by atoms with Crippen molar-refractivity contribution in [3.8, 4) is 5.75 Å². The number of hydrogen-bond donors (Lipinski definition) is 0. The summed E-state index contributed by atoms with van der Waals surface area (Å²) in [7, 11) is -3.62. The van der Waals surface area contributed by atoms with Crippen LogP contribution in [0.15, 0.2) is 51.7 Å². The van der Waals surface area contributed by atoms with Crippen LogP contribution in [0.1, 0.15) is 0 Å². The summed E-state index contributed by atoms with van der Waals surface area (Å²) >= 11 is 0. The lowest BCUT2D eigenvalue weighted by molar-refractivity contribution is 0.492. The predicted octanol–water partition coefficient (Wildman–Crippen LogP) is 2.28. The average Bonchev–Trinajstić information content (AvgIpc) is 2.37. The highest BCUT2D eigenvalue weighted by Gasteiger charge is 2.10. The normalized spacial score (nSPS) is 11.8. The fourth-order valence-electron chi connectivity index (χ4n) is 2.09. The molecule has 3 aromatic rings. The topological polar surface area (TPSA) is 73.6 Å². The van der Waals surface area contributed by atoms with Gasteiger partial charge >= 0.3 is 15.7 Å². The van der Waals surface area contributed by atoms with Gasteiger partial charge in [0.25, 0.3) is 0 Å². The summed E-state index contributed by atoms with van der Waals surface area (Å²) in [6, 6.07) is 11.7. The van der Waals surface area contributed by atoms with E-state index in [9.17, 15) is 13.2 Å². The molecule has 0 spiro atoms. The maximum Gasteiger partial charge on any atom is 0.344 e. The molecule has 0 aliphatic rings. The molecule has 2 aromatic carbocycles. The molecule has 20 heavy (non-hydrogen) atoms. The summed E-state index contributed by atoms with van der Waals surface area (Å²) in [5, 5.41) is 1.96. The zero-order valence-corrected chi connectivity index (χ0v) is 11.3. The van der Waals surface area contributed by atoms with E-state index in [1.807, 2.05) is 12.1 Å². The summed E-state index contributed by atoms with van der Waals surface area (Å²) in [6.45, 7) is 0. The highest BCUT2D eigenvalue weighted by atomic mass is 32.2. The van der Waals surface area contributed by atoms with Crippen LogP contribution >= 0.6 is 0 Å². The zero-order valence-electron chi connectivity index (χ0n) is 10.5. The fraction of sp³-hybridized carbons (Fsp3) is 0.0714. The first-order valence-corrected chi connectivity index (χ1v) is 7.61. The SMILES string of the molecule is CS(=O)(=O)Oc1ccc2c(c1)oc(=O)c1ccccc12. The quantitative estimate of drug-likeness (QED) is 0.411. The molecule has 5 nitrogen and oxygen atoms in total. The van der Waals surface area contributed by atoms with Crippen LogP contribution in [0.3, 0.4) is 0 Å². The Labute approximate surface area is 114 Å². The van der Waals surface area contributed by atoms with Crippen molar-refractivity contribution in [3.63, 3.8) is 0 Å². The molecule has 1 heterocycles. The van der Waals surface area contributed by atoms with Crippen molar-refractivity contribution in [3.05, 3.63) is 52.9 Å². The summed E-state index contributed by atoms with van der Waals surface area (Å²) in [5.74, 6) is 0.110. The van der Waals surface area contributed by atoms with E-state index < -0.39 is 15.7 Å². The molecule has 102 valence electrons. The second-order valence-electron chi connectivity index (χ2n) is 4.38. The Bertz CT molecular complexity index is 970. The van der Waals surface area contributed by atoms with Crippen LogP contribution in [0.25, 0.3) is 21.7 Å². The molecular formula is C14H10O5S. The number of hydrogen-bond acceptors (Lipinski definition) is 5. The molecule has 0 amide bonds. The smallest absolute Gasteiger partial charge is 0.344 e. The van der Waals surface area contributed by atoms with Gasteiger partial charge in [0.2, 0.25) is 0 Å². The van der Waals surface area contributed by atoms with Gasteiger partial charge in [0, 0.05) is 11.5 Å². The molecule has 0 N–H and O–H groups in total. The molecule has 6 heteroatoms. The maximum absolute atomic E-state index is 11.9. The Morgan fingerprint density at radius 1 is 1.00 bits per heavy atom. The molecule has 0 atom stereocenters. The van der Waals surface area contributed by atoms with Gasteiger partial charge in [-0.15, -0.1) is 0 Å². The molecule has 0 radical (unpaired) electrons. The molecule has 1 aromatic heterocycles. The fourth-order valence-corrected chi connectivity index (χ4v) is 2.54. The van der Waals surface area contributed by atoms with Crippen molar-refractivity contribution in [1.82, 2.24) is 0 Å². The first kappa shape index (κ1) is 12.7. The summed E-state index contributed by atoms with van der Waals surface area (Å²) in [4.78, 5) is 11.9. The molecule has 0 unspecified atom stereocenters. The van der Waals surface area contributed by atoms with E-state index in [4.69, 9.17) is 8.60 Å². The van der Waals surface area contributed by atoms with Crippen molar-refractivity contribution >= 4 is 31.9 Å². The van der Waals surface area contributed by atoms with Crippen LogP contribution in [0.2, 0.25) is 0 Å². The third-order valence-electron chi connectivity index (χ3n) is 2.84. The predicted molar refractivity (Wildman–Crippen MR) is 75.5 cm³/mol. The minimum atomic E-state index is -3.62. The van der Waals surface area contributed by atoms with Gasteiger partial charge in [0.1, 0.15) is 11.3 Å². The van der Waals surface area contributed by atoms with E-state index in [1.165, 1.54) is 12.1 Å². The van der Waals surface area contributed by atoms with Gasteiger partial charge in [-0.2, -0.15) is 8.42 Å². The second-order valence-corrected chi connectivity index (χ2v) is 5.96. The molecule has 0 saturated carbocycles. The van der Waals surface area contributed by atoms with Crippen LogP contribution in [0.5, 0.6) is 5.75 Å². The minimum Gasteiger partial charge on any atom is -0.422 e. The summed E-state index contributed by atoms with van der Waals surface area (Å²) < 4.78 is 32.2. The largest absolute Gasteiger partial charge is 0.422 e. The first-order valence-electron chi connectivity index (χ1n) is 5.79. The van der Waals surface area contributed by atoms with Crippen LogP contribution < -0.4 is 9.81 Å². The average molecular weight is 290 g/mol. The Kier molecular flexibility index (Phi) is 2.76. The van der Waals surface area contributed by atoms with Gasteiger partial charge < -0.3 is 8.60 Å². The molecule has 0 aliphatic carbocycles. The van der Waals surface area contributed by atoms with Crippen LogP contribution in [-0.4, -0.2) is 14.7 Å². The zero-order chi connectivity index (χ0) is 14.3. The van der Waals surface area contributed by atoms with E-state index in [2.05, 4.69) is 0 Å². The van der Waals surface area contributed by atoms with Crippen LogP contribution in [-0.2, 0) is 10.1 Å². The first-order chi connectivity index (χ1) is 9.44. The van der Waals surface area contributed by atoms with Gasteiger partial charge in [-0.3, -0.25) is 0 Å². The van der Waals surface area contributed by atoms with Crippen molar-refractivity contribution in [1.29, 1.82) is 0 Å². The molecule has 3 rings (SSSR count). The number of benzene rings is 2. The van der Waals surface area contributed by atoms with Crippen molar-refractivity contribution in [2.45, 2.75) is 0 Å². The molecule has 0 bridgehead atoms. The highest BCUT2D eigenvalue weighted by Crippen LogP contribution is 2.26. The van der Waals surface area contributed by atoms with Crippen LogP contribution in [0, 0.1) is 0 Å². The third-order valence-corrected chi connectivity index (χ3v) is 3.34. The third kappa shape index (κ3) is 2.25. The summed E-state index contributed by atoms with van der Waals surface area (Å²) in [5.41, 5.74) is -0.181. The lowest BCUT2D eigenvalue weighted by Gasteiger charge is -2.05. The number of rotatable bonds is 2. The second kappa shape index (κ2) is 4.35. The van der Waals surface area contributed by atoms with Gasteiger partial charge in [0.05, 0.1) is 11.6 Å². The Balaban J connectivity index is 2.31. The van der Waals surface area contributed by atoms with Gasteiger partial charge in [-0.1, -0.05) is 18.2 Å². The monoisotopic (exact) mass is 290 g/mol. The molecule has 0 aliphatic heterocycles. The van der Waals surface area contributed by atoms with Crippen LogP contribution in [0.4, 0.5) is 0 Å². The van der Waals surface area contributed by atoms with E-state index in [-0.39, 0.29) is 11.3 Å². The Morgan fingerprint density at radius 2 is 1.70 bits per heavy atom. The van der Waals surface area contributed by atoms with Crippen molar-refractivity contribution in [2.75, 3.05) is 6.26 Å². The number of fused-ring (bicyclic) bond motifs is 3. The van der Waals surface area contributed by atoms with E-state index >= 15 is 0 Å². The Morgan fingerprint density at radius 3 is 2.40 bits per heavy atom. The maximum atomic E-state index is 11.9.